The van der Waals surface area contributed by atoms with E-state index in [0.29, 0.717) is 17.2 Å². The van der Waals surface area contributed by atoms with Crippen molar-refractivity contribution in [3.63, 3.8) is 0 Å². The fourth-order valence-electron chi connectivity index (χ4n) is 4.42. The molecule has 0 unspecified atom stereocenters. The molecule has 0 spiro atoms. The molecule has 5 aromatic carbocycles. The Morgan fingerprint density at radius 3 is 1.82 bits per heavy atom. The van der Waals surface area contributed by atoms with Crippen LogP contribution < -0.4 is 0 Å². The average Bonchev–Trinajstić information content (AvgIpc) is 2.86. The van der Waals surface area contributed by atoms with Crippen LogP contribution in [0.1, 0.15) is 22.3 Å². The summed E-state index contributed by atoms with van der Waals surface area (Å²) in [4.78, 5) is 0. The van der Waals surface area contributed by atoms with E-state index in [1.165, 1.54) is 24.3 Å². The summed E-state index contributed by atoms with van der Waals surface area (Å²) < 4.78 is 100.0. The lowest BCUT2D eigenvalue weighted by Crippen LogP contribution is -1.96. The molecule has 0 aliphatic rings. The van der Waals surface area contributed by atoms with E-state index in [4.69, 9.17) is 0 Å². The van der Waals surface area contributed by atoms with Crippen LogP contribution in [0.15, 0.2) is 66.7 Å². The highest BCUT2D eigenvalue weighted by atomic mass is 19.2. The zero-order valence-electron chi connectivity index (χ0n) is 20.5. The molecule has 5 rings (SSSR count). The van der Waals surface area contributed by atoms with Crippen LogP contribution >= 0.6 is 0 Å². The predicted molar refractivity (Wildman–Crippen MR) is 136 cm³/mol. The molecule has 39 heavy (non-hydrogen) atoms. The van der Waals surface area contributed by atoms with Gasteiger partial charge in [-0.3, -0.25) is 0 Å². The van der Waals surface area contributed by atoms with Gasteiger partial charge in [0.2, 0.25) is 0 Å². The molecule has 7 heteroatoms. The van der Waals surface area contributed by atoms with Crippen molar-refractivity contribution in [2.75, 3.05) is 0 Å². The molecule has 0 aromatic heterocycles. The number of rotatable bonds is 2. The summed E-state index contributed by atoms with van der Waals surface area (Å²) in [7, 11) is 0. The molecule has 0 fully saturated rings. The number of hydrogen-bond donors (Lipinski definition) is 0. The monoisotopic (exact) mass is 534 g/mol. The minimum atomic E-state index is -1.80. The average molecular weight is 534 g/mol. The van der Waals surface area contributed by atoms with Crippen LogP contribution in [0.5, 0.6) is 0 Å². The molecule has 0 heterocycles. The van der Waals surface area contributed by atoms with Gasteiger partial charge in [0.15, 0.2) is 17.5 Å². The maximum atomic E-state index is 15.0. The minimum absolute atomic E-state index is 0.0248. The Balaban J connectivity index is 1.48. The van der Waals surface area contributed by atoms with Gasteiger partial charge in [0.05, 0.1) is 10.9 Å². The summed E-state index contributed by atoms with van der Waals surface area (Å²) in [6.45, 7) is 3.37. The van der Waals surface area contributed by atoms with Crippen LogP contribution in [-0.2, 0) is 0 Å². The number of benzene rings is 5. The fourth-order valence-corrected chi connectivity index (χ4v) is 4.42. The Morgan fingerprint density at radius 2 is 1.15 bits per heavy atom. The van der Waals surface area contributed by atoms with Crippen molar-refractivity contribution < 1.29 is 30.7 Å². The first-order chi connectivity index (χ1) is 18.5. The summed E-state index contributed by atoms with van der Waals surface area (Å²) in [5.41, 5.74) is 1.93. The van der Waals surface area contributed by atoms with Gasteiger partial charge in [0.25, 0.3) is 0 Å². The van der Waals surface area contributed by atoms with Crippen molar-refractivity contribution in [1.82, 2.24) is 0 Å². The smallest absolute Gasteiger partial charge is 0.195 e. The van der Waals surface area contributed by atoms with Crippen molar-refractivity contribution >= 4 is 10.8 Å². The van der Waals surface area contributed by atoms with Gasteiger partial charge >= 0.3 is 0 Å². The summed E-state index contributed by atoms with van der Waals surface area (Å²) in [6, 6.07) is 13.8. The summed E-state index contributed by atoms with van der Waals surface area (Å²) in [5.74, 6) is -2.74. The van der Waals surface area contributed by atoms with E-state index in [2.05, 4.69) is 11.8 Å². The van der Waals surface area contributed by atoms with Gasteiger partial charge in [-0.2, -0.15) is 0 Å². The molecule has 5 aromatic rings. The molecule has 0 amide bonds. The lowest BCUT2D eigenvalue weighted by atomic mass is 9.97. The van der Waals surface area contributed by atoms with Gasteiger partial charge in [0, 0.05) is 16.7 Å². The Hall–Kier alpha value is -4.57. The summed E-state index contributed by atoms with van der Waals surface area (Å²) >= 11 is 0. The molecule has 0 nitrogen and oxygen atoms in total. The molecule has 0 bridgehead atoms. The van der Waals surface area contributed by atoms with E-state index in [9.17, 15) is 30.7 Å². The number of fused-ring (bicyclic) bond motifs is 1. The third-order valence-corrected chi connectivity index (χ3v) is 6.36. The highest BCUT2D eigenvalue weighted by molar-refractivity contribution is 5.88. The van der Waals surface area contributed by atoms with E-state index >= 15 is 0 Å². The van der Waals surface area contributed by atoms with Crippen molar-refractivity contribution in [3.8, 4) is 34.1 Å². The number of hydrogen-bond acceptors (Lipinski definition) is 0. The zero-order chi connectivity index (χ0) is 28.0. The van der Waals surface area contributed by atoms with Crippen molar-refractivity contribution in [2.45, 2.75) is 13.8 Å². The molecule has 0 aliphatic heterocycles. The first-order valence-electron chi connectivity index (χ1n) is 11.7. The third kappa shape index (κ3) is 4.86. The second kappa shape index (κ2) is 9.95. The fraction of sp³-hybridized carbons (Fsp3) is 0.0625. The third-order valence-electron chi connectivity index (χ3n) is 6.36. The molecule has 0 saturated heterocycles. The van der Waals surface area contributed by atoms with E-state index in [1.54, 1.807) is 32.0 Å². The molecule has 0 saturated carbocycles. The highest BCUT2D eigenvalue weighted by Gasteiger charge is 2.19. The van der Waals surface area contributed by atoms with Gasteiger partial charge in [-0.1, -0.05) is 30.0 Å². The van der Waals surface area contributed by atoms with Gasteiger partial charge in [0.1, 0.15) is 23.3 Å². The van der Waals surface area contributed by atoms with Gasteiger partial charge in [-0.15, -0.1) is 0 Å². The molecule has 0 aliphatic carbocycles. The van der Waals surface area contributed by atoms with Gasteiger partial charge < -0.3 is 0 Å². The van der Waals surface area contributed by atoms with E-state index in [-0.39, 0.29) is 33.2 Å². The summed E-state index contributed by atoms with van der Waals surface area (Å²) in [5, 5.41) is -1.02. The molecular weight excluding hydrogens is 517 g/mol. The molecule has 0 atom stereocenters. The molecule has 194 valence electrons. The van der Waals surface area contributed by atoms with Crippen molar-refractivity contribution in [3.05, 3.63) is 130 Å². The lowest BCUT2D eigenvalue weighted by Gasteiger charge is -2.09. The van der Waals surface area contributed by atoms with Crippen molar-refractivity contribution in [1.29, 1.82) is 0 Å². The first-order valence-corrected chi connectivity index (χ1v) is 11.7. The second-order valence-electron chi connectivity index (χ2n) is 9.12. The molecular formula is C32H17F7. The SMILES string of the molecule is Cc1ccc(-c2cc(C)c(C#Cc3ccc(-c4cc(F)c5c(F)c(F)c(F)cc5c4)c(F)c3)c(F)c2)c(F)c1. The number of aryl methyl sites for hydroxylation is 2. The lowest BCUT2D eigenvalue weighted by molar-refractivity contribution is 0.451. The Morgan fingerprint density at radius 1 is 0.513 bits per heavy atom. The maximum Gasteiger partial charge on any atom is 0.195 e. The minimum Gasteiger partial charge on any atom is -0.206 e. The quantitative estimate of drug-likeness (QED) is 0.120. The molecule has 0 radical (unpaired) electrons. The maximum absolute atomic E-state index is 15.0. The van der Waals surface area contributed by atoms with E-state index in [0.717, 1.165) is 23.8 Å². The second-order valence-corrected chi connectivity index (χ2v) is 9.12. The van der Waals surface area contributed by atoms with Crippen molar-refractivity contribution in [2.24, 2.45) is 0 Å². The molecule has 0 N–H and O–H groups in total. The van der Waals surface area contributed by atoms with Crippen LogP contribution in [0, 0.1) is 66.4 Å². The van der Waals surface area contributed by atoms with E-state index in [1.807, 2.05) is 0 Å². The summed E-state index contributed by atoms with van der Waals surface area (Å²) in [6.07, 6.45) is 0. The van der Waals surface area contributed by atoms with Gasteiger partial charge in [-0.05, 0) is 90.0 Å². The normalized spacial score (nSPS) is 11.0. The topological polar surface area (TPSA) is 0 Å². The Kier molecular flexibility index (Phi) is 6.65. The Labute approximate surface area is 219 Å². The van der Waals surface area contributed by atoms with Crippen LogP contribution in [0.2, 0.25) is 0 Å². The van der Waals surface area contributed by atoms with E-state index < -0.39 is 46.1 Å². The first kappa shape index (κ1) is 26.1. The largest absolute Gasteiger partial charge is 0.206 e. The Bertz CT molecular complexity index is 1840. The number of halogens is 7. The van der Waals surface area contributed by atoms with Crippen LogP contribution in [0.4, 0.5) is 30.7 Å². The van der Waals surface area contributed by atoms with Crippen LogP contribution in [-0.4, -0.2) is 0 Å². The van der Waals surface area contributed by atoms with Crippen LogP contribution in [0.3, 0.4) is 0 Å². The predicted octanol–water partition coefficient (Wildman–Crippen LogP) is 9.16. The standard InChI is InChI=1S/C32H17F7/c1-16-3-6-23(25(33)9-16)19-10-17(2)22(27(35)13-19)7-4-18-5-8-24(26(34)11-18)20-12-21-15-29(37)31(38)32(39)30(21)28(36)14-20/h3,5-6,8-15H,1-2H3. The van der Waals surface area contributed by atoms with Crippen LogP contribution in [0.25, 0.3) is 33.0 Å². The van der Waals surface area contributed by atoms with Gasteiger partial charge in [-0.25, -0.2) is 30.7 Å². The highest BCUT2D eigenvalue weighted by Crippen LogP contribution is 2.32. The zero-order valence-corrected chi connectivity index (χ0v) is 20.5.